The molecular weight excluding hydrogens is 408 g/mol. The van der Waals surface area contributed by atoms with Gasteiger partial charge in [-0.15, -0.1) is 0 Å². The topological polar surface area (TPSA) is 85.7 Å². The summed E-state index contributed by atoms with van der Waals surface area (Å²) in [5, 5.41) is 2.81. The molecule has 2 heterocycles. The van der Waals surface area contributed by atoms with Crippen LogP contribution in [0.25, 0.3) is 11.0 Å². The molecule has 0 bridgehead atoms. The van der Waals surface area contributed by atoms with Crippen LogP contribution in [0.1, 0.15) is 36.8 Å². The van der Waals surface area contributed by atoms with Crippen LogP contribution in [0.3, 0.4) is 0 Å². The summed E-state index contributed by atoms with van der Waals surface area (Å²) in [5.41, 5.74) is 2.70. The first-order chi connectivity index (χ1) is 15.5. The number of methoxy groups -OCH3 is 2. The zero-order valence-corrected chi connectivity index (χ0v) is 18.5. The van der Waals surface area contributed by atoms with Crippen LogP contribution >= 0.6 is 0 Å². The predicted molar refractivity (Wildman–Crippen MR) is 120 cm³/mol. The molecule has 0 spiro atoms. The Labute approximate surface area is 187 Å². The lowest BCUT2D eigenvalue weighted by Gasteiger charge is -2.38. The van der Waals surface area contributed by atoms with Crippen molar-refractivity contribution in [1.29, 1.82) is 0 Å². The lowest BCUT2D eigenvalue weighted by Crippen LogP contribution is -2.46. The summed E-state index contributed by atoms with van der Waals surface area (Å²) in [4.78, 5) is 33.1. The maximum atomic E-state index is 13.7. The molecule has 2 amide bonds. The molecule has 3 aromatic rings. The van der Waals surface area contributed by atoms with Crippen molar-refractivity contribution in [2.45, 2.75) is 38.3 Å². The fraction of sp³-hybridized carbons (Fsp3) is 0.375. The van der Waals surface area contributed by atoms with E-state index in [1.165, 1.54) is 14.2 Å². The molecule has 2 atom stereocenters. The summed E-state index contributed by atoms with van der Waals surface area (Å²) in [6, 6.07) is 16.7. The van der Waals surface area contributed by atoms with E-state index in [4.69, 9.17) is 14.5 Å². The van der Waals surface area contributed by atoms with Gasteiger partial charge in [0.1, 0.15) is 11.9 Å². The molecule has 0 fully saturated rings. The Morgan fingerprint density at radius 3 is 2.50 bits per heavy atom. The van der Waals surface area contributed by atoms with Gasteiger partial charge in [-0.25, -0.2) is 4.98 Å². The van der Waals surface area contributed by atoms with Gasteiger partial charge < -0.3 is 24.3 Å². The molecule has 8 heteroatoms. The van der Waals surface area contributed by atoms with Crippen molar-refractivity contribution < 1.29 is 19.1 Å². The molecule has 168 valence electrons. The van der Waals surface area contributed by atoms with Gasteiger partial charge in [-0.3, -0.25) is 9.59 Å². The summed E-state index contributed by atoms with van der Waals surface area (Å²) < 4.78 is 12.2. The molecule has 1 N–H and O–H groups in total. The highest BCUT2D eigenvalue weighted by Gasteiger charge is 2.40. The number of aromatic nitrogens is 2. The Morgan fingerprint density at radius 1 is 1.09 bits per heavy atom. The lowest BCUT2D eigenvalue weighted by molar-refractivity contribution is -0.143. The second-order valence-electron chi connectivity index (χ2n) is 7.88. The Morgan fingerprint density at radius 2 is 1.78 bits per heavy atom. The van der Waals surface area contributed by atoms with Crippen molar-refractivity contribution in [2.75, 3.05) is 20.8 Å². The number of imidazole rings is 1. The average molecular weight is 437 g/mol. The zero-order valence-electron chi connectivity index (χ0n) is 18.5. The molecule has 2 aromatic carbocycles. The minimum Gasteiger partial charge on any atom is -0.354 e. The van der Waals surface area contributed by atoms with E-state index in [0.717, 1.165) is 22.4 Å². The number of nitrogens with one attached hydrogen (secondary N) is 1. The maximum absolute atomic E-state index is 13.7. The van der Waals surface area contributed by atoms with Gasteiger partial charge in [-0.1, -0.05) is 42.5 Å². The van der Waals surface area contributed by atoms with Crippen LogP contribution in [0.5, 0.6) is 0 Å². The van der Waals surface area contributed by atoms with E-state index in [0.29, 0.717) is 6.54 Å². The normalized spacial score (nSPS) is 18.2. The van der Waals surface area contributed by atoms with E-state index < -0.39 is 12.3 Å². The van der Waals surface area contributed by atoms with E-state index in [-0.39, 0.29) is 30.8 Å². The number of benzene rings is 2. The van der Waals surface area contributed by atoms with Gasteiger partial charge >= 0.3 is 0 Å². The first-order valence-electron chi connectivity index (χ1n) is 10.7. The molecule has 8 nitrogen and oxygen atoms in total. The van der Waals surface area contributed by atoms with Gasteiger partial charge in [-0.2, -0.15) is 0 Å². The molecular formula is C24H28N4O4. The minimum atomic E-state index is -0.680. The van der Waals surface area contributed by atoms with Crippen LogP contribution in [0.15, 0.2) is 54.6 Å². The zero-order chi connectivity index (χ0) is 22.7. The third-order valence-corrected chi connectivity index (χ3v) is 5.91. The molecule has 0 radical (unpaired) electrons. The molecule has 0 saturated carbocycles. The number of carbonyl (C=O) groups excluding carboxylic acids is 2. The Bertz CT molecular complexity index is 1090. The van der Waals surface area contributed by atoms with E-state index >= 15 is 0 Å². The highest BCUT2D eigenvalue weighted by atomic mass is 16.7. The Kier molecular flexibility index (Phi) is 6.53. The smallest absolute Gasteiger partial charge is 0.247 e. The number of hydrogen-bond donors (Lipinski definition) is 1. The van der Waals surface area contributed by atoms with Crippen LogP contribution in [-0.2, 0) is 25.6 Å². The van der Waals surface area contributed by atoms with Crippen molar-refractivity contribution in [3.63, 3.8) is 0 Å². The Balaban J connectivity index is 1.66. The SMILES string of the molecule is COC(CNC(=O)C[C@@H]1C(=O)N(Cc2ccccc2)[C@@H](C)c2nc3ccccc3n21)OC. The molecule has 1 aliphatic heterocycles. The fourth-order valence-electron chi connectivity index (χ4n) is 4.20. The maximum Gasteiger partial charge on any atom is 0.247 e. The summed E-state index contributed by atoms with van der Waals surface area (Å²) in [6.07, 6.45) is -0.537. The standard InChI is InChI=1S/C24H28N4O4/c1-16-23-26-18-11-7-8-12-19(18)28(23)20(13-21(29)25-14-22(31-2)32-3)24(30)27(16)15-17-9-5-4-6-10-17/h4-12,16,20,22H,13-15H2,1-3H3,(H,25,29)/t16-,20+/m0/s1. The van der Waals surface area contributed by atoms with Gasteiger partial charge in [0, 0.05) is 20.8 Å². The van der Waals surface area contributed by atoms with E-state index in [1.807, 2.05) is 71.0 Å². The number of rotatable bonds is 8. The van der Waals surface area contributed by atoms with Crippen LogP contribution in [0, 0.1) is 0 Å². The molecule has 4 rings (SSSR count). The van der Waals surface area contributed by atoms with Crippen LogP contribution in [0.2, 0.25) is 0 Å². The number of nitrogens with zero attached hydrogens (tertiary/aromatic N) is 3. The molecule has 1 aliphatic rings. The number of fused-ring (bicyclic) bond motifs is 3. The summed E-state index contributed by atoms with van der Waals surface area (Å²) >= 11 is 0. The third-order valence-electron chi connectivity index (χ3n) is 5.91. The van der Waals surface area contributed by atoms with E-state index in [9.17, 15) is 9.59 Å². The second-order valence-corrected chi connectivity index (χ2v) is 7.88. The predicted octanol–water partition coefficient (Wildman–Crippen LogP) is 2.81. The summed E-state index contributed by atoms with van der Waals surface area (Å²) in [5.74, 6) is 0.439. The monoisotopic (exact) mass is 436 g/mol. The quantitative estimate of drug-likeness (QED) is 0.549. The van der Waals surface area contributed by atoms with Crippen molar-refractivity contribution >= 4 is 22.8 Å². The van der Waals surface area contributed by atoms with Crippen molar-refractivity contribution in [3.8, 4) is 0 Å². The highest BCUT2D eigenvalue weighted by Crippen LogP contribution is 2.37. The van der Waals surface area contributed by atoms with Gasteiger partial charge in [-0.05, 0) is 24.6 Å². The summed E-state index contributed by atoms with van der Waals surface area (Å²) in [6.45, 7) is 2.64. The van der Waals surface area contributed by atoms with E-state index in [2.05, 4.69) is 5.32 Å². The average Bonchev–Trinajstić information content (AvgIpc) is 3.20. The van der Waals surface area contributed by atoms with Gasteiger partial charge in [0.2, 0.25) is 11.8 Å². The van der Waals surface area contributed by atoms with Crippen LogP contribution in [-0.4, -0.2) is 53.3 Å². The number of ether oxygens (including phenoxy) is 2. The second kappa shape index (κ2) is 9.50. The highest BCUT2D eigenvalue weighted by molar-refractivity contribution is 5.90. The fourth-order valence-corrected chi connectivity index (χ4v) is 4.20. The first-order valence-corrected chi connectivity index (χ1v) is 10.7. The first kappa shape index (κ1) is 22.0. The largest absolute Gasteiger partial charge is 0.354 e. The summed E-state index contributed by atoms with van der Waals surface area (Å²) in [7, 11) is 3.02. The Hall–Kier alpha value is -3.23. The van der Waals surface area contributed by atoms with Crippen molar-refractivity contribution in [3.05, 3.63) is 66.0 Å². The molecule has 0 aliphatic carbocycles. The van der Waals surface area contributed by atoms with Gasteiger partial charge in [0.05, 0.1) is 30.0 Å². The molecule has 1 aromatic heterocycles. The van der Waals surface area contributed by atoms with Crippen LogP contribution < -0.4 is 5.32 Å². The van der Waals surface area contributed by atoms with Gasteiger partial charge in [0.15, 0.2) is 6.29 Å². The minimum absolute atomic E-state index is 0.00431. The number of para-hydroxylation sites is 2. The van der Waals surface area contributed by atoms with E-state index in [1.54, 1.807) is 0 Å². The van der Waals surface area contributed by atoms with Crippen LogP contribution in [0.4, 0.5) is 0 Å². The van der Waals surface area contributed by atoms with Gasteiger partial charge in [0.25, 0.3) is 0 Å². The number of amides is 2. The van der Waals surface area contributed by atoms with Crippen molar-refractivity contribution in [1.82, 2.24) is 19.8 Å². The molecule has 32 heavy (non-hydrogen) atoms. The molecule has 0 saturated heterocycles. The molecule has 0 unspecified atom stereocenters. The third kappa shape index (κ3) is 4.24. The number of carbonyl (C=O) groups is 2. The number of hydrogen-bond acceptors (Lipinski definition) is 5. The van der Waals surface area contributed by atoms with Crippen molar-refractivity contribution in [2.24, 2.45) is 0 Å². The lowest BCUT2D eigenvalue weighted by atomic mass is 10.0.